The predicted molar refractivity (Wildman–Crippen MR) is 124 cm³/mol. The Kier molecular flexibility index (Phi) is 7.05. The molecule has 0 spiro atoms. The molecule has 1 aliphatic carbocycles. The molecule has 1 aromatic heterocycles. The molecule has 1 saturated heterocycles. The van der Waals surface area contributed by atoms with Crippen molar-refractivity contribution in [3.05, 3.63) is 35.5 Å². The van der Waals surface area contributed by atoms with Crippen LogP contribution in [0.5, 0.6) is 11.5 Å². The van der Waals surface area contributed by atoms with E-state index >= 15 is 0 Å². The summed E-state index contributed by atoms with van der Waals surface area (Å²) in [5.74, 6) is 1.08. The van der Waals surface area contributed by atoms with Gasteiger partial charge in [-0.25, -0.2) is 9.78 Å². The lowest BCUT2D eigenvalue weighted by Crippen LogP contribution is -2.50. The maximum absolute atomic E-state index is 12.1. The highest BCUT2D eigenvalue weighted by Crippen LogP contribution is 2.38. The molecule has 0 bridgehead atoms. The number of rotatable bonds is 10. The third kappa shape index (κ3) is 5.23. The summed E-state index contributed by atoms with van der Waals surface area (Å²) in [5.41, 5.74) is 2.69. The third-order valence-electron chi connectivity index (χ3n) is 6.27. The lowest BCUT2D eigenvalue weighted by molar-refractivity contribution is -0.145. The summed E-state index contributed by atoms with van der Waals surface area (Å²) in [6.07, 6.45) is 4.97. The van der Waals surface area contributed by atoms with Crippen LogP contribution in [0.4, 0.5) is 5.82 Å². The van der Waals surface area contributed by atoms with Crippen LogP contribution in [0, 0.1) is 6.92 Å². The van der Waals surface area contributed by atoms with Crippen LogP contribution in [-0.4, -0.2) is 54.6 Å². The Labute approximate surface area is 194 Å². The molecule has 2 N–H and O–H groups in total. The van der Waals surface area contributed by atoms with E-state index in [9.17, 15) is 9.90 Å². The van der Waals surface area contributed by atoms with Crippen molar-refractivity contribution in [3.8, 4) is 22.6 Å². The Morgan fingerprint density at radius 3 is 2.64 bits per heavy atom. The number of carbonyl (C=O) groups is 1. The first-order valence-corrected chi connectivity index (χ1v) is 11.5. The van der Waals surface area contributed by atoms with E-state index in [-0.39, 0.29) is 6.10 Å². The lowest BCUT2D eigenvalue weighted by Gasteiger charge is -2.34. The van der Waals surface area contributed by atoms with Crippen LogP contribution < -0.4 is 14.8 Å². The molecule has 33 heavy (non-hydrogen) atoms. The summed E-state index contributed by atoms with van der Waals surface area (Å²) in [5, 5.41) is 13.1. The van der Waals surface area contributed by atoms with Crippen LogP contribution >= 0.6 is 0 Å². The largest absolute Gasteiger partial charge is 0.497 e. The third-order valence-corrected chi connectivity index (χ3v) is 6.27. The lowest BCUT2D eigenvalue weighted by atomic mass is 9.90. The number of carboxylic acids is 1. The van der Waals surface area contributed by atoms with E-state index in [1.807, 2.05) is 32.0 Å². The summed E-state index contributed by atoms with van der Waals surface area (Å²) in [6, 6.07) is 5.75. The number of hydrogen-bond donors (Lipinski definition) is 2. The number of ether oxygens (including phenoxy) is 4. The standard InChI is InChI=1S/C25H32N2O6/c1-4-32-22-13-19(30-3)12-20(16(22)2)21-14-26-23(11-17(21)15-33-18-5-6-18)27-25(24(28)29)7-9-31-10-8-25/h11-14,18H,4-10,15H2,1-3H3,(H,26,27)(H,28,29). The van der Waals surface area contributed by atoms with E-state index in [0.29, 0.717) is 50.8 Å². The molecular formula is C25H32N2O6. The van der Waals surface area contributed by atoms with Crippen molar-refractivity contribution >= 4 is 11.8 Å². The fourth-order valence-electron chi connectivity index (χ4n) is 4.09. The number of nitrogens with one attached hydrogen (secondary N) is 1. The molecule has 8 heteroatoms. The van der Waals surface area contributed by atoms with Crippen LogP contribution in [0.2, 0.25) is 0 Å². The van der Waals surface area contributed by atoms with Gasteiger partial charge in [-0.05, 0) is 55.5 Å². The Morgan fingerprint density at radius 1 is 1.24 bits per heavy atom. The number of aromatic nitrogens is 1. The second kappa shape index (κ2) is 9.97. The number of carboxylic acid groups (broad SMARTS) is 1. The maximum atomic E-state index is 12.1. The second-order valence-electron chi connectivity index (χ2n) is 8.59. The van der Waals surface area contributed by atoms with Gasteiger partial charge in [-0.2, -0.15) is 0 Å². The zero-order valence-corrected chi connectivity index (χ0v) is 19.5. The average molecular weight is 457 g/mol. The van der Waals surface area contributed by atoms with E-state index in [0.717, 1.165) is 40.8 Å². The number of anilines is 1. The Morgan fingerprint density at radius 2 is 2.00 bits per heavy atom. The summed E-state index contributed by atoms with van der Waals surface area (Å²) in [6.45, 7) is 5.73. The summed E-state index contributed by atoms with van der Waals surface area (Å²) in [4.78, 5) is 16.7. The smallest absolute Gasteiger partial charge is 0.329 e. The van der Waals surface area contributed by atoms with E-state index in [1.165, 1.54) is 0 Å². The molecule has 0 amide bonds. The summed E-state index contributed by atoms with van der Waals surface area (Å²) >= 11 is 0. The number of hydrogen-bond acceptors (Lipinski definition) is 7. The van der Waals surface area contributed by atoms with Gasteiger partial charge in [-0.15, -0.1) is 0 Å². The fraction of sp³-hybridized carbons (Fsp3) is 0.520. The highest BCUT2D eigenvalue weighted by molar-refractivity contribution is 5.83. The Balaban J connectivity index is 1.73. The van der Waals surface area contributed by atoms with Crippen molar-refractivity contribution in [2.24, 2.45) is 0 Å². The monoisotopic (exact) mass is 456 g/mol. The molecule has 1 aliphatic heterocycles. The number of benzene rings is 1. The highest BCUT2D eigenvalue weighted by Gasteiger charge is 2.40. The molecule has 0 unspecified atom stereocenters. The average Bonchev–Trinajstić information content (AvgIpc) is 3.65. The van der Waals surface area contributed by atoms with Gasteiger partial charge in [-0.1, -0.05) is 0 Å². The highest BCUT2D eigenvalue weighted by atomic mass is 16.5. The van der Waals surface area contributed by atoms with Crippen molar-refractivity contribution in [2.45, 2.75) is 57.8 Å². The van der Waals surface area contributed by atoms with Gasteiger partial charge in [0, 0.05) is 43.9 Å². The predicted octanol–water partition coefficient (Wildman–Crippen LogP) is 4.19. The molecule has 2 fully saturated rings. The normalized spacial score (nSPS) is 17.4. The van der Waals surface area contributed by atoms with Crippen LogP contribution in [0.1, 0.15) is 43.7 Å². The first kappa shape index (κ1) is 23.3. The summed E-state index contributed by atoms with van der Waals surface area (Å²) < 4.78 is 22.8. The van der Waals surface area contributed by atoms with Gasteiger partial charge in [0.05, 0.1) is 26.4 Å². The van der Waals surface area contributed by atoms with Gasteiger partial charge in [0.1, 0.15) is 22.9 Å². The van der Waals surface area contributed by atoms with Crippen LogP contribution in [0.15, 0.2) is 24.4 Å². The van der Waals surface area contributed by atoms with Gasteiger partial charge in [0.15, 0.2) is 0 Å². The van der Waals surface area contributed by atoms with Crippen molar-refractivity contribution in [2.75, 3.05) is 32.2 Å². The van der Waals surface area contributed by atoms with Gasteiger partial charge in [-0.3, -0.25) is 0 Å². The minimum atomic E-state index is -1.09. The molecular weight excluding hydrogens is 424 g/mol. The first-order chi connectivity index (χ1) is 16.0. The topological polar surface area (TPSA) is 99.1 Å². The van der Waals surface area contributed by atoms with Crippen LogP contribution in [0.3, 0.4) is 0 Å². The van der Waals surface area contributed by atoms with E-state index in [1.54, 1.807) is 13.3 Å². The number of pyridine rings is 1. The first-order valence-electron chi connectivity index (χ1n) is 11.5. The molecule has 1 aromatic carbocycles. The summed E-state index contributed by atoms with van der Waals surface area (Å²) in [7, 11) is 1.63. The Bertz CT molecular complexity index is 999. The van der Waals surface area contributed by atoms with Crippen molar-refractivity contribution < 1.29 is 28.8 Å². The minimum Gasteiger partial charge on any atom is -0.497 e. The molecule has 4 rings (SSSR count). The second-order valence-corrected chi connectivity index (χ2v) is 8.59. The number of methoxy groups -OCH3 is 1. The van der Waals surface area contributed by atoms with Crippen molar-refractivity contribution in [1.82, 2.24) is 4.98 Å². The Hall–Kier alpha value is -2.84. The fourth-order valence-corrected chi connectivity index (χ4v) is 4.09. The zero-order chi connectivity index (χ0) is 23.4. The van der Waals surface area contributed by atoms with Crippen molar-refractivity contribution in [1.29, 1.82) is 0 Å². The van der Waals surface area contributed by atoms with Gasteiger partial charge >= 0.3 is 5.97 Å². The molecule has 178 valence electrons. The number of nitrogens with zero attached hydrogens (tertiary/aromatic N) is 1. The molecule has 1 saturated carbocycles. The van der Waals surface area contributed by atoms with E-state index < -0.39 is 11.5 Å². The zero-order valence-electron chi connectivity index (χ0n) is 19.5. The molecule has 0 radical (unpaired) electrons. The maximum Gasteiger partial charge on any atom is 0.329 e. The van der Waals surface area contributed by atoms with E-state index in [2.05, 4.69) is 10.3 Å². The van der Waals surface area contributed by atoms with E-state index in [4.69, 9.17) is 18.9 Å². The molecule has 0 atom stereocenters. The van der Waals surface area contributed by atoms with Gasteiger partial charge < -0.3 is 29.4 Å². The van der Waals surface area contributed by atoms with Gasteiger partial charge in [0.25, 0.3) is 0 Å². The quantitative estimate of drug-likeness (QED) is 0.549. The molecule has 2 aromatic rings. The molecule has 2 aliphatic rings. The van der Waals surface area contributed by atoms with Crippen molar-refractivity contribution in [3.63, 3.8) is 0 Å². The van der Waals surface area contributed by atoms with Crippen LogP contribution in [-0.2, 0) is 20.9 Å². The van der Waals surface area contributed by atoms with Gasteiger partial charge in [0.2, 0.25) is 0 Å². The number of aliphatic carboxylic acids is 1. The SMILES string of the molecule is CCOc1cc(OC)cc(-c2cnc(NC3(C(=O)O)CCOCC3)cc2COC2CC2)c1C. The molecule has 8 nitrogen and oxygen atoms in total. The minimum absolute atomic E-state index is 0.286. The van der Waals surface area contributed by atoms with Crippen LogP contribution in [0.25, 0.3) is 11.1 Å². The molecule has 2 heterocycles.